The number of benzene rings is 2. The van der Waals surface area contributed by atoms with Crippen molar-refractivity contribution in [2.75, 3.05) is 25.5 Å². The van der Waals surface area contributed by atoms with Gasteiger partial charge in [-0.15, -0.1) is 0 Å². The molecule has 2 atom stereocenters. The summed E-state index contributed by atoms with van der Waals surface area (Å²) in [6.45, 7) is 11.3. The molecule has 1 fully saturated rings. The third kappa shape index (κ3) is 14.0. The summed E-state index contributed by atoms with van der Waals surface area (Å²) in [5.41, 5.74) is 7.42. The van der Waals surface area contributed by atoms with Crippen LogP contribution in [0.15, 0.2) is 97.2 Å². The van der Waals surface area contributed by atoms with E-state index in [1.54, 1.807) is 30.4 Å². The highest BCUT2D eigenvalue weighted by atomic mass is 16.2. The Morgan fingerprint density at radius 2 is 1.66 bits per heavy atom. The molecular formula is C34H48N6O4. The van der Waals surface area contributed by atoms with E-state index in [4.69, 9.17) is 5.73 Å². The lowest BCUT2D eigenvalue weighted by Gasteiger charge is -2.24. The summed E-state index contributed by atoms with van der Waals surface area (Å²) < 4.78 is 0. The maximum absolute atomic E-state index is 13.0. The van der Waals surface area contributed by atoms with Gasteiger partial charge in [0.2, 0.25) is 17.7 Å². The number of nitrogens with zero attached hydrogens (tertiary/aromatic N) is 1. The van der Waals surface area contributed by atoms with Gasteiger partial charge in [0.15, 0.2) is 0 Å². The predicted octanol–water partition coefficient (Wildman–Crippen LogP) is 4.28. The monoisotopic (exact) mass is 604 g/mol. The zero-order valence-electron chi connectivity index (χ0n) is 26.3. The summed E-state index contributed by atoms with van der Waals surface area (Å²) in [6.07, 6.45) is 7.77. The molecule has 238 valence electrons. The number of urea groups is 1. The van der Waals surface area contributed by atoms with Crippen LogP contribution in [-0.2, 0) is 20.8 Å². The lowest BCUT2D eigenvalue weighted by atomic mass is 10.1. The van der Waals surface area contributed by atoms with Gasteiger partial charge in [-0.2, -0.15) is 0 Å². The van der Waals surface area contributed by atoms with Crippen molar-refractivity contribution in [3.8, 4) is 0 Å². The van der Waals surface area contributed by atoms with Crippen LogP contribution in [0.5, 0.6) is 0 Å². The highest BCUT2D eigenvalue weighted by molar-refractivity contribution is 5.94. The van der Waals surface area contributed by atoms with E-state index in [2.05, 4.69) is 34.8 Å². The van der Waals surface area contributed by atoms with Crippen molar-refractivity contribution in [3.05, 3.63) is 103 Å². The van der Waals surface area contributed by atoms with Gasteiger partial charge in [-0.3, -0.25) is 14.4 Å². The molecule has 10 heteroatoms. The van der Waals surface area contributed by atoms with Crippen LogP contribution in [0.1, 0.15) is 45.6 Å². The van der Waals surface area contributed by atoms with Gasteiger partial charge >= 0.3 is 6.03 Å². The molecule has 1 aliphatic heterocycles. The van der Waals surface area contributed by atoms with Crippen LogP contribution in [0.2, 0.25) is 0 Å². The first-order chi connectivity index (χ1) is 21.3. The van der Waals surface area contributed by atoms with E-state index in [0.29, 0.717) is 37.2 Å². The maximum Gasteiger partial charge on any atom is 0.322 e. The molecule has 0 spiro atoms. The Kier molecular flexibility index (Phi) is 18.6. The molecule has 1 saturated heterocycles. The lowest BCUT2D eigenvalue weighted by Crippen LogP contribution is -2.47. The van der Waals surface area contributed by atoms with Crippen molar-refractivity contribution in [2.45, 2.75) is 58.5 Å². The number of hydrogen-bond donors (Lipinski definition) is 5. The summed E-state index contributed by atoms with van der Waals surface area (Å²) >= 11 is 0. The summed E-state index contributed by atoms with van der Waals surface area (Å²) in [5, 5.41) is 11.2. The summed E-state index contributed by atoms with van der Waals surface area (Å²) in [6, 6.07) is 16.5. The Morgan fingerprint density at radius 1 is 1.05 bits per heavy atom. The molecule has 2 unspecified atom stereocenters. The Morgan fingerprint density at radius 3 is 2.23 bits per heavy atom. The largest absolute Gasteiger partial charge is 0.368 e. The number of rotatable bonds is 12. The van der Waals surface area contributed by atoms with E-state index >= 15 is 0 Å². The average Bonchev–Trinajstić information content (AvgIpc) is 3.54. The standard InChI is InChI=1S/C29H33N5O4.C3H9N.C2H6/c1-2-11-22(16-9-18-26(35)33-24(27(30)36)20-21-12-5-3-6-13-21)31-28(37)25-17-10-19-34(25)29(38)32-23-14-7-4-8-15-23;1-3-4-2;1-2/h2-9,11-16,24-25H,1,10,17-20H2,(H2,30,36)(H,31,37)(H,32,38)(H,33,35);4H,3H2,1-2H3;1-2H3/b16-9-,22-11+;;. The number of allylic oxidation sites excluding steroid dienone is 3. The van der Waals surface area contributed by atoms with Crippen LogP contribution in [0.4, 0.5) is 10.5 Å². The summed E-state index contributed by atoms with van der Waals surface area (Å²) in [5.74, 6) is -1.34. The van der Waals surface area contributed by atoms with E-state index in [0.717, 1.165) is 12.1 Å². The number of anilines is 1. The van der Waals surface area contributed by atoms with Crippen molar-refractivity contribution >= 4 is 29.4 Å². The Balaban J connectivity index is 0.00000149. The number of nitrogens with two attached hydrogens (primary N) is 1. The molecule has 5 amide bonds. The molecule has 2 aromatic carbocycles. The molecule has 0 bridgehead atoms. The number of hydrogen-bond acceptors (Lipinski definition) is 5. The lowest BCUT2D eigenvalue weighted by molar-refractivity contribution is -0.126. The molecule has 10 nitrogen and oxygen atoms in total. The van der Waals surface area contributed by atoms with Crippen molar-refractivity contribution in [1.29, 1.82) is 0 Å². The zero-order valence-corrected chi connectivity index (χ0v) is 26.3. The molecule has 6 N–H and O–H groups in total. The van der Waals surface area contributed by atoms with Gasteiger partial charge in [0.1, 0.15) is 12.1 Å². The van der Waals surface area contributed by atoms with Crippen LogP contribution < -0.4 is 27.0 Å². The smallest absolute Gasteiger partial charge is 0.322 e. The zero-order chi connectivity index (χ0) is 32.7. The van der Waals surface area contributed by atoms with Gasteiger partial charge in [-0.1, -0.05) is 88.0 Å². The first-order valence-corrected chi connectivity index (χ1v) is 15.0. The number of nitrogens with one attached hydrogen (secondary N) is 4. The second-order valence-corrected chi connectivity index (χ2v) is 9.52. The number of amides is 5. The minimum Gasteiger partial charge on any atom is -0.368 e. The minimum atomic E-state index is -0.837. The summed E-state index contributed by atoms with van der Waals surface area (Å²) in [4.78, 5) is 51.5. The number of carbonyl (C=O) groups is 4. The predicted molar refractivity (Wildman–Crippen MR) is 178 cm³/mol. The van der Waals surface area contributed by atoms with Gasteiger partial charge < -0.3 is 31.9 Å². The molecule has 0 aromatic heterocycles. The van der Waals surface area contributed by atoms with Gasteiger partial charge in [-0.25, -0.2) is 4.79 Å². The fourth-order valence-electron chi connectivity index (χ4n) is 4.11. The third-order valence-corrected chi connectivity index (χ3v) is 6.32. The number of primary amides is 1. The highest BCUT2D eigenvalue weighted by Crippen LogP contribution is 2.20. The van der Waals surface area contributed by atoms with Crippen LogP contribution in [0.25, 0.3) is 0 Å². The summed E-state index contributed by atoms with van der Waals surface area (Å²) in [7, 11) is 1.93. The van der Waals surface area contributed by atoms with E-state index in [-0.39, 0.29) is 24.3 Å². The molecule has 2 aromatic rings. The van der Waals surface area contributed by atoms with Crippen molar-refractivity contribution in [1.82, 2.24) is 20.9 Å². The Bertz CT molecular complexity index is 1230. The number of likely N-dealkylation sites (tertiary alicyclic amines) is 1. The molecule has 1 aliphatic rings. The first-order valence-electron chi connectivity index (χ1n) is 15.0. The van der Waals surface area contributed by atoms with E-state index in [1.807, 2.05) is 69.4 Å². The van der Waals surface area contributed by atoms with Crippen LogP contribution in [0.3, 0.4) is 0 Å². The van der Waals surface area contributed by atoms with Gasteiger partial charge in [-0.05, 0) is 56.3 Å². The van der Waals surface area contributed by atoms with Gasteiger partial charge in [0, 0.05) is 30.8 Å². The fourth-order valence-corrected chi connectivity index (χ4v) is 4.11. The van der Waals surface area contributed by atoms with Crippen LogP contribution >= 0.6 is 0 Å². The van der Waals surface area contributed by atoms with Gasteiger partial charge in [0.25, 0.3) is 0 Å². The van der Waals surface area contributed by atoms with Gasteiger partial charge in [0.05, 0.1) is 0 Å². The first kappa shape index (κ1) is 37.3. The Hall–Kier alpha value is -4.70. The number of para-hydroxylation sites is 1. The minimum absolute atomic E-state index is 0.0298. The number of carbonyl (C=O) groups excluding carboxylic acids is 4. The molecule has 44 heavy (non-hydrogen) atoms. The van der Waals surface area contributed by atoms with E-state index in [9.17, 15) is 19.2 Å². The average molecular weight is 605 g/mol. The quantitative estimate of drug-likeness (QED) is 0.230. The van der Waals surface area contributed by atoms with Crippen molar-refractivity contribution < 1.29 is 19.2 Å². The van der Waals surface area contributed by atoms with E-state index in [1.165, 1.54) is 11.0 Å². The fraction of sp³-hybridized carbons (Fsp3) is 0.353. The maximum atomic E-state index is 13.0. The molecule has 0 saturated carbocycles. The molecule has 1 heterocycles. The molecule has 0 aliphatic carbocycles. The van der Waals surface area contributed by atoms with Crippen LogP contribution in [0, 0.1) is 0 Å². The van der Waals surface area contributed by atoms with Crippen LogP contribution in [-0.4, -0.2) is 60.9 Å². The van der Waals surface area contributed by atoms with E-state index < -0.39 is 18.0 Å². The normalized spacial score (nSPS) is 14.7. The molecule has 3 rings (SSSR count). The Labute approximate surface area is 261 Å². The highest BCUT2D eigenvalue weighted by Gasteiger charge is 2.34. The SMILES string of the molecule is C=C/C=C(\C=C/CC(=O)NC(Cc1ccccc1)C(N)=O)NC(=O)C1CCCN1C(=O)Nc1ccccc1.CC.CCNC. The molecule has 0 radical (unpaired) electrons. The van der Waals surface area contributed by atoms with Crippen molar-refractivity contribution in [3.63, 3.8) is 0 Å². The topological polar surface area (TPSA) is 146 Å². The van der Waals surface area contributed by atoms with Crippen molar-refractivity contribution in [2.24, 2.45) is 5.73 Å². The second-order valence-electron chi connectivity index (χ2n) is 9.52. The molecular weight excluding hydrogens is 556 g/mol. The third-order valence-electron chi connectivity index (χ3n) is 6.32. The second kappa shape index (κ2) is 21.9.